The number of rotatable bonds is 5. The summed E-state index contributed by atoms with van der Waals surface area (Å²) in [7, 11) is 0. The van der Waals surface area contributed by atoms with Crippen molar-refractivity contribution in [3.05, 3.63) is 34.9 Å². The number of fused-ring (bicyclic) bond motifs is 1. The molecule has 1 heterocycles. The first-order valence-electron chi connectivity index (χ1n) is 8.61. The Morgan fingerprint density at radius 1 is 1.12 bits per heavy atom. The Kier molecular flexibility index (Phi) is 4.69. The van der Waals surface area contributed by atoms with Crippen LogP contribution in [0.5, 0.6) is 0 Å². The number of Topliss-reactive ketones (excluding diaryl/α,β-unsaturated/α-hetero) is 1. The van der Waals surface area contributed by atoms with Gasteiger partial charge in [0.05, 0.1) is 5.92 Å². The van der Waals surface area contributed by atoms with Gasteiger partial charge in [-0.2, -0.15) is 0 Å². The standard InChI is InChI=1S/C19H23NO4/c1-12-10-20(11-16(12)19(23)24)18(22)8-7-17(21)15-6-5-13-3-2-4-14(13)9-15/h5-6,9,12,16H,2-4,7-8,10-11H2,1H3,(H,23,24)/t12-,16-/m1/s1. The van der Waals surface area contributed by atoms with E-state index < -0.39 is 11.9 Å². The summed E-state index contributed by atoms with van der Waals surface area (Å²) < 4.78 is 0. The molecule has 1 aromatic carbocycles. The van der Waals surface area contributed by atoms with Crippen LogP contribution in [0.15, 0.2) is 18.2 Å². The van der Waals surface area contributed by atoms with Gasteiger partial charge >= 0.3 is 5.97 Å². The zero-order valence-corrected chi connectivity index (χ0v) is 14.0. The van der Waals surface area contributed by atoms with Crippen LogP contribution in [0.4, 0.5) is 0 Å². The molecule has 1 aromatic rings. The van der Waals surface area contributed by atoms with Gasteiger partial charge in [0.15, 0.2) is 5.78 Å². The van der Waals surface area contributed by atoms with E-state index in [2.05, 4.69) is 0 Å². The van der Waals surface area contributed by atoms with Crippen LogP contribution < -0.4 is 0 Å². The predicted molar refractivity (Wildman–Crippen MR) is 88.9 cm³/mol. The fourth-order valence-corrected chi connectivity index (χ4v) is 3.76. The molecule has 1 saturated heterocycles. The maximum atomic E-state index is 12.3. The number of likely N-dealkylation sites (tertiary alicyclic amines) is 1. The Morgan fingerprint density at radius 3 is 2.58 bits per heavy atom. The molecule has 5 nitrogen and oxygen atoms in total. The van der Waals surface area contributed by atoms with Gasteiger partial charge in [0.25, 0.3) is 0 Å². The van der Waals surface area contributed by atoms with Crippen LogP contribution in [0.25, 0.3) is 0 Å². The number of hydrogen-bond acceptors (Lipinski definition) is 3. The summed E-state index contributed by atoms with van der Waals surface area (Å²) in [5.41, 5.74) is 3.26. The van der Waals surface area contributed by atoms with Gasteiger partial charge in [0.1, 0.15) is 0 Å². The second-order valence-electron chi connectivity index (χ2n) is 6.98. The molecule has 1 aliphatic carbocycles. The minimum atomic E-state index is -0.855. The van der Waals surface area contributed by atoms with E-state index >= 15 is 0 Å². The zero-order chi connectivity index (χ0) is 17.3. The molecule has 0 aromatic heterocycles. The lowest BCUT2D eigenvalue weighted by atomic mass is 9.99. The Morgan fingerprint density at radius 2 is 1.88 bits per heavy atom. The number of hydrogen-bond donors (Lipinski definition) is 1. The van der Waals surface area contributed by atoms with Crippen LogP contribution in [0, 0.1) is 11.8 Å². The van der Waals surface area contributed by atoms with Gasteiger partial charge in [-0.25, -0.2) is 0 Å². The van der Waals surface area contributed by atoms with E-state index in [4.69, 9.17) is 5.11 Å². The summed E-state index contributed by atoms with van der Waals surface area (Å²) in [6, 6.07) is 5.85. The zero-order valence-electron chi connectivity index (χ0n) is 14.0. The number of aliphatic carboxylic acids is 1. The van der Waals surface area contributed by atoms with Crippen LogP contribution >= 0.6 is 0 Å². The van der Waals surface area contributed by atoms with E-state index in [1.165, 1.54) is 11.1 Å². The maximum Gasteiger partial charge on any atom is 0.308 e. The molecule has 0 radical (unpaired) electrons. The highest BCUT2D eigenvalue weighted by Crippen LogP contribution is 2.25. The highest BCUT2D eigenvalue weighted by Gasteiger charge is 2.36. The molecule has 1 amide bonds. The lowest BCUT2D eigenvalue weighted by Crippen LogP contribution is -2.30. The van der Waals surface area contributed by atoms with Gasteiger partial charge in [-0.1, -0.05) is 19.1 Å². The second-order valence-corrected chi connectivity index (χ2v) is 6.98. The fourth-order valence-electron chi connectivity index (χ4n) is 3.76. The fraction of sp³-hybridized carbons (Fsp3) is 0.526. The number of aryl methyl sites for hydroxylation is 2. The molecule has 24 heavy (non-hydrogen) atoms. The average molecular weight is 329 g/mol. The maximum absolute atomic E-state index is 12.3. The minimum absolute atomic E-state index is 0.0138. The van der Waals surface area contributed by atoms with Gasteiger partial charge in [-0.05, 0) is 42.4 Å². The van der Waals surface area contributed by atoms with Crippen LogP contribution in [-0.4, -0.2) is 40.8 Å². The van der Waals surface area contributed by atoms with Crippen molar-refractivity contribution in [2.45, 2.75) is 39.0 Å². The van der Waals surface area contributed by atoms with Gasteiger partial charge in [0, 0.05) is 31.5 Å². The largest absolute Gasteiger partial charge is 0.481 e. The third-order valence-corrected chi connectivity index (χ3v) is 5.27. The van der Waals surface area contributed by atoms with Crippen LogP contribution in [0.1, 0.15) is 47.7 Å². The van der Waals surface area contributed by atoms with E-state index in [-0.39, 0.29) is 37.0 Å². The monoisotopic (exact) mass is 329 g/mol. The summed E-state index contributed by atoms with van der Waals surface area (Å²) >= 11 is 0. The van der Waals surface area contributed by atoms with Crippen molar-refractivity contribution in [3.63, 3.8) is 0 Å². The first-order valence-corrected chi connectivity index (χ1v) is 8.61. The number of carboxylic acids is 1. The Labute approximate surface area is 141 Å². The molecule has 1 N–H and O–H groups in total. The molecule has 0 saturated carbocycles. The lowest BCUT2D eigenvalue weighted by Gasteiger charge is -2.15. The summed E-state index contributed by atoms with van der Waals surface area (Å²) in [5, 5.41) is 9.13. The summed E-state index contributed by atoms with van der Waals surface area (Å²) in [6.07, 6.45) is 3.58. The normalized spacial score (nSPS) is 22.5. The molecule has 1 fully saturated rings. The van der Waals surface area contributed by atoms with Gasteiger partial charge in [-0.15, -0.1) is 0 Å². The number of carbonyl (C=O) groups excluding carboxylic acids is 2. The first-order chi connectivity index (χ1) is 11.5. The highest BCUT2D eigenvalue weighted by atomic mass is 16.4. The van der Waals surface area contributed by atoms with E-state index in [0.29, 0.717) is 12.1 Å². The summed E-state index contributed by atoms with van der Waals surface area (Å²) in [5.74, 6) is -1.53. The van der Waals surface area contributed by atoms with E-state index in [1.54, 1.807) is 4.90 Å². The molecule has 1 aliphatic heterocycles. The van der Waals surface area contributed by atoms with Crippen molar-refractivity contribution < 1.29 is 19.5 Å². The van der Waals surface area contributed by atoms with Crippen LogP contribution in [0.3, 0.4) is 0 Å². The van der Waals surface area contributed by atoms with Crippen molar-refractivity contribution in [2.24, 2.45) is 11.8 Å². The van der Waals surface area contributed by atoms with Gasteiger partial charge in [-0.3, -0.25) is 14.4 Å². The van der Waals surface area contributed by atoms with E-state index in [0.717, 1.165) is 19.3 Å². The number of carbonyl (C=O) groups is 3. The van der Waals surface area contributed by atoms with Crippen LogP contribution in [-0.2, 0) is 22.4 Å². The highest BCUT2D eigenvalue weighted by molar-refractivity contribution is 5.98. The number of benzene rings is 1. The third kappa shape index (κ3) is 3.35. The molecule has 5 heteroatoms. The molecule has 2 atom stereocenters. The number of amides is 1. The molecule has 3 rings (SSSR count). The third-order valence-electron chi connectivity index (χ3n) is 5.27. The molecule has 128 valence electrons. The number of ketones is 1. The van der Waals surface area contributed by atoms with E-state index in [9.17, 15) is 14.4 Å². The Balaban J connectivity index is 1.55. The number of carboxylic acid groups (broad SMARTS) is 1. The number of nitrogens with zero attached hydrogens (tertiary/aromatic N) is 1. The molecule has 0 spiro atoms. The van der Waals surface area contributed by atoms with Crippen molar-refractivity contribution in [3.8, 4) is 0 Å². The average Bonchev–Trinajstić information content (AvgIpc) is 3.17. The van der Waals surface area contributed by atoms with E-state index in [1.807, 2.05) is 25.1 Å². The molecule has 0 unspecified atom stereocenters. The minimum Gasteiger partial charge on any atom is -0.481 e. The summed E-state index contributed by atoms with van der Waals surface area (Å²) in [4.78, 5) is 37.3. The van der Waals surface area contributed by atoms with Crippen LogP contribution in [0.2, 0.25) is 0 Å². The molecule has 0 bridgehead atoms. The SMILES string of the molecule is C[C@@H]1CN(C(=O)CCC(=O)c2ccc3c(c2)CCC3)C[C@H]1C(=O)O. The lowest BCUT2D eigenvalue weighted by molar-refractivity contribution is -0.142. The first kappa shape index (κ1) is 16.7. The quantitative estimate of drug-likeness (QED) is 0.841. The van der Waals surface area contributed by atoms with Crippen molar-refractivity contribution in [2.75, 3.05) is 13.1 Å². The molecular weight excluding hydrogens is 306 g/mol. The Bertz CT molecular complexity index is 682. The van der Waals surface area contributed by atoms with Gasteiger partial charge < -0.3 is 10.0 Å². The van der Waals surface area contributed by atoms with Gasteiger partial charge in [0.2, 0.25) is 5.91 Å². The van der Waals surface area contributed by atoms with Crippen molar-refractivity contribution in [1.82, 2.24) is 4.90 Å². The topological polar surface area (TPSA) is 74.7 Å². The second kappa shape index (κ2) is 6.75. The van der Waals surface area contributed by atoms with Crippen molar-refractivity contribution in [1.29, 1.82) is 0 Å². The molecule has 2 aliphatic rings. The Hall–Kier alpha value is -2.17. The van der Waals surface area contributed by atoms with Crippen molar-refractivity contribution >= 4 is 17.7 Å². The molecular formula is C19H23NO4. The smallest absolute Gasteiger partial charge is 0.308 e. The predicted octanol–water partition coefficient (Wildman–Crippen LogP) is 2.32. The summed E-state index contributed by atoms with van der Waals surface area (Å²) in [6.45, 7) is 2.56.